The fourth-order valence-corrected chi connectivity index (χ4v) is 3.64. The second-order valence-corrected chi connectivity index (χ2v) is 7.66. The Labute approximate surface area is 158 Å². The van der Waals surface area contributed by atoms with Crippen molar-refractivity contribution in [1.29, 1.82) is 0 Å². The molecule has 2 rings (SSSR count). The molecule has 1 heterocycles. The highest BCUT2D eigenvalue weighted by Crippen LogP contribution is 2.24. The first kappa shape index (κ1) is 20.1. The van der Waals surface area contributed by atoms with Crippen molar-refractivity contribution in [3.8, 4) is 5.75 Å². The Kier molecular flexibility index (Phi) is 6.91. The minimum atomic E-state index is -0.121. The fourth-order valence-electron chi connectivity index (χ4n) is 2.77. The van der Waals surface area contributed by atoms with E-state index in [1.165, 1.54) is 29.4 Å². The van der Waals surface area contributed by atoms with Crippen molar-refractivity contribution in [3.05, 3.63) is 39.9 Å². The Balaban J connectivity index is 1.77. The minimum Gasteiger partial charge on any atom is -0.494 e. The van der Waals surface area contributed by atoms with Gasteiger partial charge in [-0.3, -0.25) is 9.59 Å². The molecule has 0 atom stereocenters. The summed E-state index contributed by atoms with van der Waals surface area (Å²) < 4.78 is 5.74. The number of nitrogens with one attached hydrogen (secondary N) is 1. The summed E-state index contributed by atoms with van der Waals surface area (Å²) in [5.74, 6) is 1.16. The average molecular weight is 375 g/mol. The highest BCUT2D eigenvalue weighted by atomic mass is 32.1. The topological polar surface area (TPSA) is 68.3 Å². The number of thiazole rings is 1. The average Bonchev–Trinajstić information content (AvgIpc) is 2.92. The Bertz CT molecular complexity index is 796. The molecule has 0 spiro atoms. The smallest absolute Gasteiger partial charge is 0.226 e. The number of aromatic nitrogens is 1. The molecule has 1 N–H and O–H groups in total. The van der Waals surface area contributed by atoms with Crippen LogP contribution in [0.1, 0.15) is 66.0 Å². The van der Waals surface area contributed by atoms with Gasteiger partial charge in [-0.15, -0.1) is 0 Å². The zero-order chi connectivity index (χ0) is 19.3. The third kappa shape index (κ3) is 5.39. The van der Waals surface area contributed by atoms with E-state index in [0.29, 0.717) is 41.1 Å². The number of hydrogen-bond donors (Lipinski definition) is 1. The number of anilines is 1. The number of carbonyl (C=O) groups is 2. The first-order chi connectivity index (χ1) is 12.3. The van der Waals surface area contributed by atoms with Crippen LogP contribution < -0.4 is 10.1 Å². The maximum atomic E-state index is 12.0. The number of aryl methyl sites for hydroxylation is 2. The molecule has 1 aromatic carbocycles. The third-order valence-electron chi connectivity index (χ3n) is 4.04. The number of nitrogens with zero attached hydrogens (tertiary/aromatic N) is 1. The number of Topliss-reactive ketones (excluding diaryl/α,β-unsaturated/α-hetero) is 1. The van der Waals surface area contributed by atoms with Crippen molar-refractivity contribution in [2.45, 2.75) is 53.4 Å². The van der Waals surface area contributed by atoms with Gasteiger partial charge in [0, 0.05) is 13.3 Å². The molecule has 0 saturated heterocycles. The van der Waals surface area contributed by atoms with Gasteiger partial charge in [-0.2, -0.15) is 0 Å². The first-order valence-electron chi connectivity index (χ1n) is 8.79. The van der Waals surface area contributed by atoms with Crippen molar-refractivity contribution in [2.24, 2.45) is 0 Å². The van der Waals surface area contributed by atoms with E-state index in [1.54, 1.807) is 6.92 Å². The molecule has 0 saturated carbocycles. The summed E-state index contributed by atoms with van der Waals surface area (Å²) in [7, 11) is 0. The summed E-state index contributed by atoms with van der Waals surface area (Å²) in [5, 5.41) is 3.22. The number of ketones is 1. The minimum absolute atomic E-state index is 0.0346. The zero-order valence-corrected chi connectivity index (χ0v) is 16.8. The normalized spacial score (nSPS) is 10.8. The summed E-state index contributed by atoms with van der Waals surface area (Å²) >= 11 is 1.21. The number of rotatable bonds is 8. The van der Waals surface area contributed by atoms with Crippen LogP contribution in [-0.4, -0.2) is 23.3 Å². The van der Waals surface area contributed by atoms with Crippen LogP contribution in [0.15, 0.2) is 18.2 Å². The summed E-state index contributed by atoms with van der Waals surface area (Å²) in [5.41, 5.74) is 3.19. The van der Waals surface area contributed by atoms with Crippen molar-refractivity contribution >= 4 is 28.2 Å². The molecule has 6 heteroatoms. The summed E-state index contributed by atoms with van der Waals surface area (Å²) in [6, 6.07) is 6.11. The zero-order valence-electron chi connectivity index (χ0n) is 16.0. The Morgan fingerprint density at radius 1 is 1.27 bits per heavy atom. The van der Waals surface area contributed by atoms with E-state index in [2.05, 4.69) is 37.1 Å². The first-order valence-corrected chi connectivity index (χ1v) is 9.61. The molecule has 0 aliphatic carbocycles. The van der Waals surface area contributed by atoms with Gasteiger partial charge in [-0.25, -0.2) is 4.98 Å². The van der Waals surface area contributed by atoms with Crippen LogP contribution in [0.5, 0.6) is 5.75 Å². The lowest BCUT2D eigenvalue weighted by molar-refractivity contribution is -0.116. The van der Waals surface area contributed by atoms with Crippen LogP contribution in [0, 0.1) is 13.8 Å². The lowest BCUT2D eigenvalue weighted by Crippen LogP contribution is -2.12. The molecule has 0 unspecified atom stereocenters. The summed E-state index contributed by atoms with van der Waals surface area (Å²) in [6.45, 7) is 10.2. The van der Waals surface area contributed by atoms with E-state index in [0.717, 1.165) is 5.75 Å². The van der Waals surface area contributed by atoms with E-state index in [4.69, 9.17) is 4.74 Å². The SMILES string of the molecule is CC(=O)c1sc(NC(=O)CCCOc2ccc(C(C)C)c(C)c2)nc1C. The molecule has 26 heavy (non-hydrogen) atoms. The van der Waals surface area contributed by atoms with Crippen molar-refractivity contribution in [3.63, 3.8) is 0 Å². The number of ether oxygens (including phenoxy) is 1. The maximum Gasteiger partial charge on any atom is 0.226 e. The second kappa shape index (κ2) is 8.94. The quantitative estimate of drug-likeness (QED) is 0.528. The van der Waals surface area contributed by atoms with Gasteiger partial charge in [0.25, 0.3) is 0 Å². The fraction of sp³-hybridized carbons (Fsp3) is 0.450. The lowest BCUT2D eigenvalue weighted by Gasteiger charge is -2.12. The molecular formula is C20H26N2O3S. The van der Waals surface area contributed by atoms with Crippen LogP contribution in [0.2, 0.25) is 0 Å². The number of benzene rings is 1. The van der Waals surface area contributed by atoms with Crippen molar-refractivity contribution in [1.82, 2.24) is 4.98 Å². The number of hydrogen-bond acceptors (Lipinski definition) is 5. The predicted octanol–water partition coefficient (Wildman–Crippen LogP) is 4.88. The summed E-state index contributed by atoms with van der Waals surface area (Å²) in [6.07, 6.45) is 0.956. The van der Waals surface area contributed by atoms with Gasteiger partial charge in [0.2, 0.25) is 5.91 Å². The molecule has 0 aliphatic rings. The van der Waals surface area contributed by atoms with Crippen molar-refractivity contribution < 1.29 is 14.3 Å². The molecule has 0 fully saturated rings. The predicted molar refractivity (Wildman–Crippen MR) is 105 cm³/mol. The Hall–Kier alpha value is -2.21. The summed E-state index contributed by atoms with van der Waals surface area (Å²) in [4.78, 5) is 28.2. The van der Waals surface area contributed by atoms with Crippen molar-refractivity contribution in [2.75, 3.05) is 11.9 Å². The molecule has 1 aromatic heterocycles. The van der Waals surface area contributed by atoms with Gasteiger partial charge in [-0.1, -0.05) is 31.3 Å². The van der Waals surface area contributed by atoms with Crippen LogP contribution in [-0.2, 0) is 4.79 Å². The highest BCUT2D eigenvalue weighted by molar-refractivity contribution is 7.17. The molecule has 5 nitrogen and oxygen atoms in total. The molecule has 0 radical (unpaired) electrons. The van der Waals surface area contributed by atoms with Crippen LogP contribution in [0.3, 0.4) is 0 Å². The molecule has 1 amide bonds. The Morgan fingerprint density at radius 3 is 2.58 bits per heavy atom. The lowest BCUT2D eigenvalue weighted by atomic mass is 9.98. The maximum absolute atomic E-state index is 12.0. The van der Waals surface area contributed by atoms with E-state index < -0.39 is 0 Å². The Morgan fingerprint density at radius 2 is 2.00 bits per heavy atom. The van der Waals surface area contributed by atoms with Crippen LogP contribution in [0.25, 0.3) is 0 Å². The van der Waals surface area contributed by atoms with Crippen LogP contribution in [0.4, 0.5) is 5.13 Å². The van der Waals surface area contributed by atoms with E-state index in [-0.39, 0.29) is 11.7 Å². The van der Waals surface area contributed by atoms with Gasteiger partial charge < -0.3 is 10.1 Å². The van der Waals surface area contributed by atoms with Gasteiger partial charge in [-0.05, 0) is 49.4 Å². The largest absolute Gasteiger partial charge is 0.494 e. The second-order valence-electron chi connectivity index (χ2n) is 6.66. The molecule has 0 bridgehead atoms. The monoisotopic (exact) mass is 374 g/mol. The van der Waals surface area contributed by atoms with E-state index >= 15 is 0 Å². The highest BCUT2D eigenvalue weighted by Gasteiger charge is 2.13. The van der Waals surface area contributed by atoms with Gasteiger partial charge in [0.1, 0.15) is 5.75 Å². The van der Waals surface area contributed by atoms with Gasteiger partial charge in [0.05, 0.1) is 17.2 Å². The number of carbonyl (C=O) groups excluding carboxylic acids is 2. The molecule has 0 aliphatic heterocycles. The third-order valence-corrected chi connectivity index (χ3v) is 5.22. The molecular weight excluding hydrogens is 348 g/mol. The van der Waals surface area contributed by atoms with E-state index in [1.807, 2.05) is 12.1 Å². The van der Waals surface area contributed by atoms with Crippen LogP contribution >= 0.6 is 11.3 Å². The van der Waals surface area contributed by atoms with Gasteiger partial charge in [0.15, 0.2) is 10.9 Å². The molecule has 140 valence electrons. The standard InChI is InChI=1S/C20H26N2O3S/c1-12(2)17-9-8-16(11-13(17)3)25-10-6-7-18(24)22-20-21-14(4)19(26-20)15(5)23/h8-9,11-12H,6-7,10H2,1-5H3,(H,21,22,24). The van der Waals surface area contributed by atoms with Gasteiger partial charge >= 0.3 is 0 Å². The molecule has 2 aromatic rings. The van der Waals surface area contributed by atoms with E-state index in [9.17, 15) is 9.59 Å². The number of amides is 1.